The first-order valence-corrected chi connectivity index (χ1v) is 6.28. The summed E-state index contributed by atoms with van der Waals surface area (Å²) in [6, 6.07) is 11.0. The third-order valence-electron chi connectivity index (χ3n) is 3.18. The van der Waals surface area contributed by atoms with Crippen LogP contribution in [0.3, 0.4) is 0 Å². The Kier molecular flexibility index (Phi) is 3.09. The second-order valence-electron chi connectivity index (χ2n) is 4.47. The Morgan fingerprint density at radius 2 is 2.19 bits per heavy atom. The molecule has 0 aliphatic carbocycles. The van der Waals surface area contributed by atoms with Crippen molar-refractivity contribution in [2.45, 2.75) is 0 Å². The molecular formula is C15H11N5O. The molecule has 2 aromatic heterocycles. The number of hydrogen-bond donors (Lipinski definition) is 1. The molecule has 0 saturated carbocycles. The third-order valence-corrected chi connectivity index (χ3v) is 3.18. The molecule has 1 amide bonds. The second-order valence-corrected chi connectivity index (χ2v) is 4.47. The van der Waals surface area contributed by atoms with Crippen molar-refractivity contribution in [3.05, 3.63) is 53.9 Å². The summed E-state index contributed by atoms with van der Waals surface area (Å²) < 4.78 is 1.46. The minimum atomic E-state index is -0.297. The van der Waals surface area contributed by atoms with Gasteiger partial charge in [-0.3, -0.25) is 14.5 Å². The molecular weight excluding hydrogens is 266 g/mol. The zero-order valence-electron chi connectivity index (χ0n) is 11.2. The smallest absolute Gasteiger partial charge is 0.257 e. The van der Waals surface area contributed by atoms with Gasteiger partial charge in [0.1, 0.15) is 17.5 Å². The number of anilines is 1. The van der Waals surface area contributed by atoms with Gasteiger partial charge in [0.25, 0.3) is 5.91 Å². The van der Waals surface area contributed by atoms with Gasteiger partial charge in [-0.2, -0.15) is 10.4 Å². The molecule has 102 valence electrons. The Morgan fingerprint density at radius 3 is 3.00 bits per heavy atom. The summed E-state index contributed by atoms with van der Waals surface area (Å²) in [7, 11) is 1.67. The second kappa shape index (κ2) is 5.06. The van der Waals surface area contributed by atoms with Crippen LogP contribution < -0.4 is 5.32 Å². The van der Waals surface area contributed by atoms with Crippen molar-refractivity contribution < 1.29 is 4.79 Å². The minimum Gasteiger partial charge on any atom is -0.306 e. The average molecular weight is 277 g/mol. The van der Waals surface area contributed by atoms with Crippen LogP contribution in [0, 0.1) is 11.3 Å². The number of carbonyl (C=O) groups is 1. The number of aromatic nitrogens is 3. The van der Waals surface area contributed by atoms with Crippen molar-refractivity contribution in [2.75, 3.05) is 5.32 Å². The van der Waals surface area contributed by atoms with Gasteiger partial charge in [-0.15, -0.1) is 0 Å². The average Bonchev–Trinajstić information content (AvgIpc) is 2.87. The maximum Gasteiger partial charge on any atom is 0.257 e. The number of nitrogens with zero attached hydrogens (tertiary/aromatic N) is 4. The van der Waals surface area contributed by atoms with Crippen LogP contribution in [0.2, 0.25) is 0 Å². The molecule has 0 fully saturated rings. The van der Waals surface area contributed by atoms with Gasteiger partial charge in [0.15, 0.2) is 0 Å². The Labute approximate surface area is 120 Å². The molecule has 3 rings (SSSR count). The number of fused-ring (bicyclic) bond motifs is 1. The molecule has 1 N–H and O–H groups in total. The van der Waals surface area contributed by atoms with E-state index in [1.54, 1.807) is 31.4 Å². The van der Waals surface area contributed by atoms with Crippen molar-refractivity contribution >= 4 is 22.6 Å². The van der Waals surface area contributed by atoms with Crippen LogP contribution in [0.5, 0.6) is 0 Å². The molecule has 3 aromatic rings. The molecule has 0 radical (unpaired) electrons. The molecule has 0 atom stereocenters. The van der Waals surface area contributed by atoms with Crippen molar-refractivity contribution in [1.29, 1.82) is 5.26 Å². The fourth-order valence-electron chi connectivity index (χ4n) is 2.14. The highest BCUT2D eigenvalue weighted by Gasteiger charge is 2.15. The van der Waals surface area contributed by atoms with Crippen LogP contribution in [0.15, 0.2) is 42.7 Å². The van der Waals surface area contributed by atoms with E-state index in [0.717, 1.165) is 10.9 Å². The fraction of sp³-hybridized carbons (Fsp3) is 0.0667. The lowest BCUT2D eigenvalue weighted by atomic mass is 10.1. The fourth-order valence-corrected chi connectivity index (χ4v) is 2.14. The Balaban J connectivity index is 2.02. The molecule has 21 heavy (non-hydrogen) atoms. The van der Waals surface area contributed by atoms with E-state index >= 15 is 0 Å². The molecule has 6 heteroatoms. The van der Waals surface area contributed by atoms with Crippen LogP contribution >= 0.6 is 0 Å². The molecule has 0 bridgehead atoms. The highest BCUT2D eigenvalue weighted by Crippen LogP contribution is 2.19. The lowest BCUT2D eigenvalue weighted by Crippen LogP contribution is -2.15. The highest BCUT2D eigenvalue weighted by atomic mass is 16.1. The normalized spacial score (nSPS) is 10.3. The Bertz CT molecular complexity index is 870. The van der Waals surface area contributed by atoms with Crippen molar-refractivity contribution in [3.8, 4) is 6.07 Å². The maximum atomic E-state index is 12.5. The summed E-state index contributed by atoms with van der Waals surface area (Å²) >= 11 is 0. The van der Waals surface area contributed by atoms with Crippen LogP contribution in [0.25, 0.3) is 10.9 Å². The van der Waals surface area contributed by atoms with Gasteiger partial charge >= 0.3 is 0 Å². The SMILES string of the molecule is Cn1ncc(C#N)c1NC(=O)c1cccc2ncccc12. The molecule has 0 unspecified atom stereocenters. The predicted molar refractivity (Wildman–Crippen MR) is 77.6 cm³/mol. The third kappa shape index (κ3) is 2.21. The van der Waals surface area contributed by atoms with Gasteiger partial charge in [0.05, 0.1) is 11.7 Å². The lowest BCUT2D eigenvalue weighted by molar-refractivity contribution is 0.102. The number of benzene rings is 1. The molecule has 0 saturated heterocycles. The van der Waals surface area contributed by atoms with Crippen LogP contribution in [-0.4, -0.2) is 20.7 Å². The van der Waals surface area contributed by atoms with Crippen LogP contribution in [-0.2, 0) is 7.05 Å². The number of amides is 1. The van der Waals surface area contributed by atoms with Gasteiger partial charge in [-0.05, 0) is 18.2 Å². The molecule has 0 aliphatic rings. The Hall–Kier alpha value is -3.20. The van der Waals surface area contributed by atoms with Crippen molar-refractivity contribution in [3.63, 3.8) is 0 Å². The number of pyridine rings is 1. The first-order valence-electron chi connectivity index (χ1n) is 6.28. The number of nitriles is 1. The van der Waals surface area contributed by atoms with Gasteiger partial charge in [0, 0.05) is 24.2 Å². The summed E-state index contributed by atoms with van der Waals surface area (Å²) in [6.07, 6.45) is 3.10. The van der Waals surface area contributed by atoms with Crippen LogP contribution in [0.1, 0.15) is 15.9 Å². The zero-order chi connectivity index (χ0) is 14.8. The standard InChI is InChI=1S/C15H11N5O/c1-20-14(10(8-16)9-18-20)19-15(21)12-4-2-6-13-11(12)5-3-7-17-13/h2-7,9H,1H3,(H,19,21). The predicted octanol–water partition coefficient (Wildman–Crippen LogP) is 2.09. The lowest BCUT2D eigenvalue weighted by Gasteiger charge is -2.08. The molecule has 2 heterocycles. The van der Waals surface area contributed by atoms with E-state index in [2.05, 4.69) is 15.4 Å². The largest absolute Gasteiger partial charge is 0.306 e. The number of rotatable bonds is 2. The Morgan fingerprint density at radius 1 is 1.33 bits per heavy atom. The summed E-state index contributed by atoms with van der Waals surface area (Å²) in [4.78, 5) is 16.7. The molecule has 0 spiro atoms. The topological polar surface area (TPSA) is 83.6 Å². The van der Waals surface area contributed by atoms with E-state index in [4.69, 9.17) is 5.26 Å². The van der Waals surface area contributed by atoms with Gasteiger partial charge in [0.2, 0.25) is 0 Å². The minimum absolute atomic E-state index is 0.297. The van der Waals surface area contributed by atoms with E-state index in [9.17, 15) is 4.79 Å². The number of carbonyl (C=O) groups excluding carboxylic acids is 1. The van der Waals surface area contributed by atoms with Gasteiger partial charge in [-0.25, -0.2) is 0 Å². The van der Waals surface area contributed by atoms with Crippen LogP contribution in [0.4, 0.5) is 5.82 Å². The zero-order valence-corrected chi connectivity index (χ0v) is 11.2. The van der Waals surface area contributed by atoms with Gasteiger partial charge in [-0.1, -0.05) is 12.1 Å². The van der Waals surface area contributed by atoms with Crippen molar-refractivity contribution in [1.82, 2.24) is 14.8 Å². The summed E-state index contributed by atoms with van der Waals surface area (Å²) in [6.45, 7) is 0. The van der Waals surface area contributed by atoms with Crippen molar-refractivity contribution in [2.24, 2.45) is 7.05 Å². The summed E-state index contributed by atoms with van der Waals surface area (Å²) in [5.74, 6) is 0.0806. The quantitative estimate of drug-likeness (QED) is 0.777. The van der Waals surface area contributed by atoms with E-state index in [-0.39, 0.29) is 5.91 Å². The maximum absolute atomic E-state index is 12.5. The molecule has 0 aliphatic heterocycles. The first-order chi connectivity index (χ1) is 10.2. The molecule has 6 nitrogen and oxygen atoms in total. The summed E-state index contributed by atoms with van der Waals surface area (Å²) in [5.41, 5.74) is 1.57. The van der Waals surface area contributed by atoms with E-state index in [1.165, 1.54) is 10.9 Å². The highest BCUT2D eigenvalue weighted by molar-refractivity contribution is 6.12. The van der Waals surface area contributed by atoms with E-state index in [0.29, 0.717) is 16.9 Å². The van der Waals surface area contributed by atoms with E-state index in [1.807, 2.05) is 18.2 Å². The van der Waals surface area contributed by atoms with Gasteiger partial charge < -0.3 is 5.32 Å². The monoisotopic (exact) mass is 277 g/mol. The van der Waals surface area contributed by atoms with E-state index < -0.39 is 0 Å². The number of hydrogen-bond acceptors (Lipinski definition) is 4. The first kappa shape index (κ1) is 12.8. The molecule has 1 aromatic carbocycles. The summed E-state index contributed by atoms with van der Waals surface area (Å²) in [5, 5.41) is 16.5. The number of aryl methyl sites for hydroxylation is 1. The number of nitrogens with one attached hydrogen (secondary N) is 1.